The average Bonchev–Trinajstić information content (AvgIpc) is 3.16. The number of carbonyl (C=O) groups is 1. The van der Waals surface area contributed by atoms with E-state index in [-0.39, 0.29) is 11.9 Å². The normalized spacial score (nSPS) is 18.8. The number of rotatable bonds is 4. The zero-order chi connectivity index (χ0) is 17.9. The Morgan fingerprint density at radius 1 is 1.12 bits per heavy atom. The molecule has 0 spiro atoms. The molecule has 1 amide bonds. The van der Waals surface area contributed by atoms with Crippen molar-refractivity contribution in [2.45, 2.75) is 23.8 Å². The van der Waals surface area contributed by atoms with Crippen LogP contribution in [0, 0.1) is 0 Å². The van der Waals surface area contributed by atoms with E-state index < -0.39 is 0 Å². The molecular weight excluding hydrogens is 370 g/mol. The molecule has 0 aliphatic carbocycles. The minimum Gasteiger partial charge on any atom is -0.486 e. The molecule has 0 bridgehead atoms. The second kappa shape index (κ2) is 7.80. The molecule has 2 aromatic rings. The Balaban J connectivity index is 1.40. The van der Waals surface area contributed by atoms with Crippen LogP contribution in [0.3, 0.4) is 0 Å². The van der Waals surface area contributed by atoms with Crippen LogP contribution >= 0.6 is 23.4 Å². The number of hydrogen-bond donors (Lipinski definition) is 0. The second-order valence-electron chi connectivity index (χ2n) is 6.39. The molecule has 0 saturated carbocycles. The van der Waals surface area contributed by atoms with Gasteiger partial charge in [-0.2, -0.15) is 0 Å². The van der Waals surface area contributed by atoms with Crippen molar-refractivity contribution in [3.63, 3.8) is 0 Å². The molecule has 6 heteroatoms. The van der Waals surface area contributed by atoms with E-state index in [0.29, 0.717) is 19.0 Å². The quantitative estimate of drug-likeness (QED) is 0.718. The smallest absolute Gasteiger partial charge is 0.233 e. The van der Waals surface area contributed by atoms with E-state index >= 15 is 0 Å². The first-order valence-electron chi connectivity index (χ1n) is 8.78. The Bertz CT molecular complexity index is 796. The van der Waals surface area contributed by atoms with Crippen molar-refractivity contribution < 1.29 is 14.3 Å². The highest BCUT2D eigenvalue weighted by molar-refractivity contribution is 8.00. The molecule has 1 fully saturated rings. The molecule has 26 heavy (non-hydrogen) atoms. The van der Waals surface area contributed by atoms with Crippen LogP contribution < -0.4 is 9.47 Å². The molecule has 0 aromatic heterocycles. The molecular formula is C20H20ClNO3S. The topological polar surface area (TPSA) is 38.8 Å². The fourth-order valence-electron chi connectivity index (χ4n) is 3.44. The van der Waals surface area contributed by atoms with Gasteiger partial charge < -0.3 is 14.4 Å². The molecule has 4 nitrogen and oxygen atoms in total. The van der Waals surface area contributed by atoms with Crippen LogP contribution in [0.4, 0.5) is 0 Å². The number of thioether (sulfide) groups is 1. The summed E-state index contributed by atoms with van der Waals surface area (Å²) in [5.41, 5.74) is 1.16. The SMILES string of the molecule is O=C(CSc1ccc2c(c1)OCCO2)N1CCCC1c1ccc(Cl)cc1. The average molecular weight is 390 g/mol. The third-order valence-corrected chi connectivity index (χ3v) is 5.93. The van der Waals surface area contributed by atoms with Gasteiger partial charge in [-0.25, -0.2) is 0 Å². The maximum atomic E-state index is 12.8. The Hall–Kier alpha value is -1.85. The highest BCUT2D eigenvalue weighted by atomic mass is 35.5. The first kappa shape index (κ1) is 17.6. The van der Waals surface area contributed by atoms with Gasteiger partial charge in [0, 0.05) is 16.5 Å². The highest BCUT2D eigenvalue weighted by Gasteiger charge is 2.29. The lowest BCUT2D eigenvalue weighted by Gasteiger charge is -2.25. The lowest BCUT2D eigenvalue weighted by molar-refractivity contribution is -0.129. The number of carbonyl (C=O) groups excluding carboxylic acids is 1. The van der Waals surface area contributed by atoms with E-state index in [4.69, 9.17) is 21.1 Å². The largest absolute Gasteiger partial charge is 0.486 e. The number of halogens is 1. The minimum atomic E-state index is 0.153. The number of hydrogen-bond acceptors (Lipinski definition) is 4. The Labute approximate surface area is 162 Å². The number of ether oxygens (including phenoxy) is 2. The summed E-state index contributed by atoms with van der Waals surface area (Å²) in [4.78, 5) is 15.8. The Morgan fingerprint density at radius 2 is 1.88 bits per heavy atom. The van der Waals surface area contributed by atoms with Gasteiger partial charge in [-0.3, -0.25) is 4.79 Å². The van der Waals surface area contributed by atoms with Crippen LogP contribution in [0.15, 0.2) is 47.4 Å². The highest BCUT2D eigenvalue weighted by Crippen LogP contribution is 2.36. The summed E-state index contributed by atoms with van der Waals surface area (Å²) in [6.45, 7) is 1.96. The fourth-order valence-corrected chi connectivity index (χ4v) is 4.37. The molecule has 1 saturated heterocycles. The lowest BCUT2D eigenvalue weighted by Crippen LogP contribution is -2.31. The molecule has 0 radical (unpaired) electrons. The van der Waals surface area contributed by atoms with E-state index in [9.17, 15) is 4.79 Å². The summed E-state index contributed by atoms with van der Waals surface area (Å²) in [5, 5.41) is 0.721. The molecule has 2 heterocycles. The van der Waals surface area contributed by atoms with Gasteiger partial charge in [-0.05, 0) is 48.7 Å². The number of likely N-dealkylation sites (tertiary alicyclic amines) is 1. The molecule has 136 valence electrons. The van der Waals surface area contributed by atoms with E-state index in [0.717, 1.165) is 46.4 Å². The van der Waals surface area contributed by atoms with Gasteiger partial charge in [0.1, 0.15) is 13.2 Å². The number of nitrogens with zero attached hydrogens (tertiary/aromatic N) is 1. The summed E-state index contributed by atoms with van der Waals surface area (Å²) in [7, 11) is 0. The van der Waals surface area contributed by atoms with Crippen LogP contribution in [0.2, 0.25) is 5.02 Å². The van der Waals surface area contributed by atoms with Crippen molar-refractivity contribution in [1.29, 1.82) is 0 Å². The summed E-state index contributed by atoms with van der Waals surface area (Å²) < 4.78 is 11.1. The van der Waals surface area contributed by atoms with Crippen molar-refractivity contribution >= 4 is 29.3 Å². The van der Waals surface area contributed by atoms with Crippen molar-refractivity contribution in [1.82, 2.24) is 4.90 Å². The van der Waals surface area contributed by atoms with Gasteiger partial charge in [0.2, 0.25) is 5.91 Å². The van der Waals surface area contributed by atoms with Gasteiger partial charge in [0.25, 0.3) is 0 Å². The van der Waals surface area contributed by atoms with E-state index in [1.54, 1.807) is 0 Å². The van der Waals surface area contributed by atoms with Gasteiger partial charge in [-0.1, -0.05) is 23.7 Å². The van der Waals surface area contributed by atoms with Crippen LogP contribution in [-0.2, 0) is 4.79 Å². The first-order chi connectivity index (χ1) is 12.7. The Morgan fingerprint density at radius 3 is 2.69 bits per heavy atom. The minimum absolute atomic E-state index is 0.153. The maximum Gasteiger partial charge on any atom is 0.233 e. The van der Waals surface area contributed by atoms with Crippen molar-refractivity contribution in [2.24, 2.45) is 0 Å². The molecule has 2 aromatic carbocycles. The maximum absolute atomic E-state index is 12.8. The van der Waals surface area contributed by atoms with E-state index in [1.165, 1.54) is 11.8 Å². The molecule has 1 unspecified atom stereocenters. The molecule has 2 aliphatic rings. The van der Waals surface area contributed by atoms with Gasteiger partial charge in [0.15, 0.2) is 11.5 Å². The second-order valence-corrected chi connectivity index (χ2v) is 7.88. The summed E-state index contributed by atoms with van der Waals surface area (Å²) in [6, 6.07) is 13.8. The monoisotopic (exact) mass is 389 g/mol. The summed E-state index contributed by atoms with van der Waals surface area (Å²) in [6.07, 6.45) is 2.04. The lowest BCUT2D eigenvalue weighted by atomic mass is 10.0. The Kier molecular flexibility index (Phi) is 5.27. The van der Waals surface area contributed by atoms with Crippen molar-refractivity contribution in [3.8, 4) is 11.5 Å². The number of benzene rings is 2. The number of fused-ring (bicyclic) bond motifs is 1. The third kappa shape index (κ3) is 3.79. The zero-order valence-corrected chi connectivity index (χ0v) is 15.9. The molecule has 4 rings (SSSR count). The van der Waals surface area contributed by atoms with E-state index in [2.05, 4.69) is 0 Å². The molecule has 1 atom stereocenters. The fraction of sp³-hybridized carbons (Fsp3) is 0.350. The van der Waals surface area contributed by atoms with E-state index in [1.807, 2.05) is 47.4 Å². The van der Waals surface area contributed by atoms with Crippen molar-refractivity contribution in [2.75, 3.05) is 25.5 Å². The summed E-state index contributed by atoms with van der Waals surface area (Å²) in [5.74, 6) is 2.12. The predicted molar refractivity (Wildman–Crippen MR) is 103 cm³/mol. The van der Waals surface area contributed by atoms with Gasteiger partial charge >= 0.3 is 0 Å². The van der Waals surface area contributed by atoms with Gasteiger partial charge in [-0.15, -0.1) is 11.8 Å². The van der Waals surface area contributed by atoms with Crippen LogP contribution in [0.25, 0.3) is 0 Å². The predicted octanol–water partition coefficient (Wildman–Crippen LogP) is 4.57. The third-order valence-electron chi connectivity index (χ3n) is 4.70. The van der Waals surface area contributed by atoms with Crippen LogP contribution in [0.5, 0.6) is 11.5 Å². The standard InChI is InChI=1S/C20H20ClNO3S/c21-15-5-3-14(4-6-15)17-2-1-9-22(17)20(23)13-26-16-7-8-18-19(12-16)25-11-10-24-18/h3-8,12,17H,1-2,9-11,13H2. The van der Waals surface area contributed by atoms with Crippen LogP contribution in [0.1, 0.15) is 24.4 Å². The first-order valence-corrected chi connectivity index (χ1v) is 10.1. The van der Waals surface area contributed by atoms with Crippen molar-refractivity contribution in [3.05, 3.63) is 53.1 Å². The molecule has 0 N–H and O–H groups in total. The molecule has 2 aliphatic heterocycles. The number of amides is 1. The zero-order valence-electron chi connectivity index (χ0n) is 14.3. The summed E-state index contributed by atoms with van der Waals surface area (Å²) >= 11 is 7.52. The van der Waals surface area contributed by atoms with Crippen LogP contribution in [-0.4, -0.2) is 36.3 Å². The van der Waals surface area contributed by atoms with Gasteiger partial charge in [0.05, 0.1) is 11.8 Å².